The molecular weight excluding hydrogens is 332 g/mol. The standard InChI is InChI=1S/C21H30O5/c1-20-8-16(24)15(23)7-11(20)3-4-12-13-5-6-14(18(26)10-22)21(13,2)9-17(25)19(12)20/h11-14,17,19,22,25H,3-10H2,1-2H3/t11?,12-,13-,14+,17-,19+,20-,21-/m0/s1. The molecule has 1 unspecified atom stereocenters. The number of aliphatic hydroxyl groups is 2. The SMILES string of the molecule is C[C@]12C[C@H](O)[C@H]3[C@@H](CCC4CC(=O)C(=O)C[C@@]43C)[C@@H]1CC[C@@H]2C(=O)CO. The molecule has 0 bridgehead atoms. The van der Waals surface area contributed by atoms with Crippen LogP contribution in [-0.2, 0) is 14.4 Å². The van der Waals surface area contributed by atoms with Gasteiger partial charge in [0.15, 0.2) is 17.3 Å². The first-order chi connectivity index (χ1) is 12.2. The number of aliphatic hydroxyl groups excluding tert-OH is 2. The predicted octanol–water partition coefficient (Wildman–Crippen LogP) is 1.93. The molecule has 4 aliphatic carbocycles. The van der Waals surface area contributed by atoms with E-state index in [1.165, 1.54) is 0 Å². The number of rotatable bonds is 2. The number of fused-ring (bicyclic) bond motifs is 5. The fourth-order valence-electron chi connectivity index (χ4n) is 7.70. The summed E-state index contributed by atoms with van der Waals surface area (Å²) in [6.45, 7) is 3.80. The van der Waals surface area contributed by atoms with E-state index in [-0.39, 0.29) is 52.4 Å². The molecule has 26 heavy (non-hydrogen) atoms. The Bertz CT molecular complexity index is 657. The molecule has 0 radical (unpaired) electrons. The van der Waals surface area contributed by atoms with Gasteiger partial charge in [-0.3, -0.25) is 14.4 Å². The fraction of sp³-hybridized carbons (Fsp3) is 0.857. The molecule has 0 saturated heterocycles. The van der Waals surface area contributed by atoms with Crippen molar-refractivity contribution in [2.24, 2.45) is 40.4 Å². The summed E-state index contributed by atoms with van der Waals surface area (Å²) in [5, 5.41) is 20.5. The van der Waals surface area contributed by atoms with E-state index in [2.05, 4.69) is 13.8 Å². The molecule has 4 aliphatic rings. The van der Waals surface area contributed by atoms with Gasteiger partial charge >= 0.3 is 0 Å². The van der Waals surface area contributed by atoms with Crippen LogP contribution in [0.5, 0.6) is 0 Å². The van der Waals surface area contributed by atoms with Crippen LogP contribution < -0.4 is 0 Å². The summed E-state index contributed by atoms with van der Waals surface area (Å²) in [5.74, 6) is 0.0698. The maximum Gasteiger partial charge on any atom is 0.198 e. The van der Waals surface area contributed by atoms with Gasteiger partial charge in [-0.25, -0.2) is 0 Å². The van der Waals surface area contributed by atoms with E-state index in [0.717, 1.165) is 25.7 Å². The Morgan fingerprint density at radius 3 is 2.50 bits per heavy atom. The molecule has 5 nitrogen and oxygen atoms in total. The molecule has 2 N–H and O–H groups in total. The number of Topliss-reactive ketones (excluding diaryl/α,β-unsaturated/α-hetero) is 3. The minimum Gasteiger partial charge on any atom is -0.393 e. The van der Waals surface area contributed by atoms with Crippen LogP contribution in [0.25, 0.3) is 0 Å². The predicted molar refractivity (Wildman–Crippen MR) is 94.1 cm³/mol. The summed E-state index contributed by atoms with van der Waals surface area (Å²) >= 11 is 0. The molecule has 4 rings (SSSR count). The maximum absolute atomic E-state index is 12.3. The quantitative estimate of drug-likeness (QED) is 0.733. The van der Waals surface area contributed by atoms with Gasteiger partial charge in [-0.15, -0.1) is 0 Å². The van der Waals surface area contributed by atoms with Crippen molar-refractivity contribution in [3.05, 3.63) is 0 Å². The average molecular weight is 362 g/mol. The van der Waals surface area contributed by atoms with Crippen molar-refractivity contribution in [2.75, 3.05) is 6.61 Å². The molecule has 0 amide bonds. The van der Waals surface area contributed by atoms with E-state index >= 15 is 0 Å². The summed E-state index contributed by atoms with van der Waals surface area (Å²) in [6, 6.07) is 0. The Morgan fingerprint density at radius 2 is 1.81 bits per heavy atom. The largest absolute Gasteiger partial charge is 0.393 e. The van der Waals surface area contributed by atoms with Crippen molar-refractivity contribution in [3.8, 4) is 0 Å². The highest BCUT2D eigenvalue weighted by Crippen LogP contribution is 2.67. The molecule has 8 atom stereocenters. The Kier molecular flexibility index (Phi) is 4.20. The van der Waals surface area contributed by atoms with Gasteiger partial charge < -0.3 is 10.2 Å². The Balaban J connectivity index is 1.68. The number of carbonyl (C=O) groups is 3. The lowest BCUT2D eigenvalue weighted by molar-refractivity contribution is -0.177. The minimum atomic E-state index is -0.554. The normalized spacial score (nSPS) is 50.8. The zero-order valence-electron chi connectivity index (χ0n) is 15.7. The zero-order valence-corrected chi connectivity index (χ0v) is 15.7. The number of hydrogen-bond acceptors (Lipinski definition) is 5. The smallest absolute Gasteiger partial charge is 0.198 e. The number of ketones is 3. The number of carbonyl (C=O) groups excluding carboxylic acids is 3. The summed E-state index contributed by atoms with van der Waals surface area (Å²) in [5.41, 5.74) is -0.578. The van der Waals surface area contributed by atoms with E-state index in [4.69, 9.17) is 0 Å². The highest BCUT2D eigenvalue weighted by molar-refractivity contribution is 6.38. The van der Waals surface area contributed by atoms with Gasteiger partial charge in [0.1, 0.15) is 6.61 Å². The second kappa shape index (κ2) is 5.96. The Hall–Kier alpha value is -1.07. The van der Waals surface area contributed by atoms with Gasteiger partial charge in [-0.2, -0.15) is 0 Å². The first-order valence-corrected chi connectivity index (χ1v) is 10.1. The highest BCUT2D eigenvalue weighted by atomic mass is 16.3. The van der Waals surface area contributed by atoms with Crippen LogP contribution in [0.3, 0.4) is 0 Å². The molecule has 0 aromatic heterocycles. The lowest BCUT2D eigenvalue weighted by Gasteiger charge is -2.61. The van der Waals surface area contributed by atoms with Gasteiger partial charge in [-0.1, -0.05) is 13.8 Å². The first-order valence-electron chi connectivity index (χ1n) is 10.1. The van der Waals surface area contributed by atoms with E-state index < -0.39 is 12.7 Å². The first kappa shape index (κ1) is 18.3. The number of hydrogen-bond donors (Lipinski definition) is 2. The molecule has 4 saturated carbocycles. The molecule has 4 fully saturated rings. The fourth-order valence-corrected chi connectivity index (χ4v) is 7.70. The minimum absolute atomic E-state index is 0.0272. The highest BCUT2D eigenvalue weighted by Gasteiger charge is 2.64. The van der Waals surface area contributed by atoms with Gasteiger partial charge in [0.05, 0.1) is 6.10 Å². The van der Waals surface area contributed by atoms with Crippen LogP contribution in [-0.4, -0.2) is 40.3 Å². The van der Waals surface area contributed by atoms with Gasteiger partial charge in [0, 0.05) is 18.8 Å². The molecule has 0 aliphatic heterocycles. The van der Waals surface area contributed by atoms with Crippen molar-refractivity contribution < 1.29 is 24.6 Å². The van der Waals surface area contributed by atoms with E-state index in [1.54, 1.807) is 0 Å². The second-order valence-corrected chi connectivity index (χ2v) is 9.84. The topological polar surface area (TPSA) is 91.7 Å². The summed E-state index contributed by atoms with van der Waals surface area (Å²) in [6.07, 6.45) is 4.22. The third kappa shape index (κ3) is 2.32. The van der Waals surface area contributed by atoms with Crippen LogP contribution >= 0.6 is 0 Å². The van der Waals surface area contributed by atoms with Crippen molar-refractivity contribution in [1.29, 1.82) is 0 Å². The van der Waals surface area contributed by atoms with E-state index in [0.29, 0.717) is 24.7 Å². The van der Waals surface area contributed by atoms with Gasteiger partial charge in [-0.05, 0) is 66.6 Å². The van der Waals surface area contributed by atoms with Gasteiger partial charge in [0.25, 0.3) is 0 Å². The van der Waals surface area contributed by atoms with Gasteiger partial charge in [0.2, 0.25) is 0 Å². The Labute approximate surface area is 154 Å². The van der Waals surface area contributed by atoms with Crippen molar-refractivity contribution in [2.45, 2.75) is 64.9 Å². The van der Waals surface area contributed by atoms with Crippen LogP contribution in [0.1, 0.15) is 58.8 Å². The second-order valence-electron chi connectivity index (χ2n) is 9.84. The van der Waals surface area contributed by atoms with Crippen LogP contribution in [0, 0.1) is 40.4 Å². The van der Waals surface area contributed by atoms with E-state index in [9.17, 15) is 24.6 Å². The summed E-state index contributed by atoms with van der Waals surface area (Å²) < 4.78 is 0. The van der Waals surface area contributed by atoms with E-state index in [1.807, 2.05) is 0 Å². The molecular formula is C21H30O5. The van der Waals surface area contributed by atoms with Crippen molar-refractivity contribution in [1.82, 2.24) is 0 Å². The third-order valence-electron chi connectivity index (χ3n) is 8.82. The average Bonchev–Trinajstić information content (AvgIpc) is 2.91. The molecule has 0 aromatic rings. The van der Waals surface area contributed by atoms with Crippen LogP contribution in [0.15, 0.2) is 0 Å². The molecule has 144 valence electrons. The lowest BCUT2D eigenvalue weighted by Crippen LogP contribution is -2.60. The van der Waals surface area contributed by atoms with Crippen LogP contribution in [0.2, 0.25) is 0 Å². The van der Waals surface area contributed by atoms with Crippen molar-refractivity contribution in [3.63, 3.8) is 0 Å². The zero-order chi connectivity index (χ0) is 18.9. The Morgan fingerprint density at radius 1 is 1.08 bits per heavy atom. The summed E-state index contributed by atoms with van der Waals surface area (Å²) in [7, 11) is 0. The molecule has 0 spiro atoms. The summed E-state index contributed by atoms with van der Waals surface area (Å²) in [4.78, 5) is 36.4. The van der Waals surface area contributed by atoms with Crippen LogP contribution in [0.4, 0.5) is 0 Å². The molecule has 0 heterocycles. The van der Waals surface area contributed by atoms with Crippen molar-refractivity contribution >= 4 is 17.3 Å². The molecule has 5 heteroatoms. The lowest BCUT2D eigenvalue weighted by atomic mass is 9.44. The monoisotopic (exact) mass is 362 g/mol. The maximum atomic E-state index is 12.3. The molecule has 0 aromatic carbocycles. The third-order valence-corrected chi connectivity index (χ3v) is 8.82.